The van der Waals surface area contributed by atoms with Crippen LogP contribution in [0.4, 0.5) is 0 Å². The lowest BCUT2D eigenvalue weighted by Gasteiger charge is -2.04. The van der Waals surface area contributed by atoms with E-state index in [1.165, 1.54) is 10.9 Å². The summed E-state index contributed by atoms with van der Waals surface area (Å²) in [6, 6.07) is 0. The van der Waals surface area contributed by atoms with E-state index in [1.807, 2.05) is 0 Å². The van der Waals surface area contributed by atoms with Crippen LogP contribution in [0.2, 0.25) is 0 Å². The lowest BCUT2D eigenvalue weighted by Crippen LogP contribution is -2.24. The van der Waals surface area contributed by atoms with Crippen LogP contribution in [0.1, 0.15) is 22.5 Å². The Morgan fingerprint density at radius 3 is 2.92 bits per heavy atom. The summed E-state index contributed by atoms with van der Waals surface area (Å²) < 4.78 is 1.47. The third-order valence-corrected chi connectivity index (χ3v) is 1.80. The molecule has 13 heavy (non-hydrogen) atoms. The molecule has 1 heterocycles. The summed E-state index contributed by atoms with van der Waals surface area (Å²) in [5.74, 6) is -1.12. The number of carbonyl (C=O) groups excluding carboxylic acids is 2. The Labute approximate surface area is 75.0 Å². The van der Waals surface area contributed by atoms with Gasteiger partial charge in [0.2, 0.25) is 0 Å². The number of hydrogen-bond acceptors (Lipinski definition) is 4. The van der Waals surface area contributed by atoms with Crippen molar-refractivity contribution >= 4 is 12.3 Å². The number of carboxylic acids is 1. The molecule has 0 aliphatic carbocycles. The number of hydrogen-bond donors (Lipinski definition) is 0. The molecule has 0 saturated carbocycles. The van der Waals surface area contributed by atoms with Gasteiger partial charge in [0.15, 0.2) is 6.29 Å². The SMILES string of the molecule is Cc1c(C=O)cnn1CCC(=O)[O-]. The van der Waals surface area contributed by atoms with E-state index in [-0.39, 0.29) is 13.0 Å². The van der Waals surface area contributed by atoms with E-state index in [9.17, 15) is 14.7 Å². The van der Waals surface area contributed by atoms with Crippen LogP contribution in [0, 0.1) is 6.92 Å². The molecule has 0 aliphatic heterocycles. The largest absolute Gasteiger partial charge is 0.550 e. The van der Waals surface area contributed by atoms with Crippen molar-refractivity contribution in [2.75, 3.05) is 0 Å². The number of aldehydes is 1. The molecular formula is C8H9N2O3-. The fourth-order valence-corrected chi connectivity index (χ4v) is 0.999. The van der Waals surface area contributed by atoms with Gasteiger partial charge < -0.3 is 9.90 Å². The maximum absolute atomic E-state index is 10.4. The average Bonchev–Trinajstić information content (AvgIpc) is 2.43. The fourth-order valence-electron chi connectivity index (χ4n) is 0.999. The molecule has 0 atom stereocenters. The molecule has 0 aliphatic rings. The highest BCUT2D eigenvalue weighted by Crippen LogP contribution is 2.04. The molecule has 70 valence electrons. The minimum absolute atomic E-state index is 0.0964. The van der Waals surface area contributed by atoms with E-state index >= 15 is 0 Å². The number of rotatable bonds is 4. The van der Waals surface area contributed by atoms with Crippen molar-refractivity contribution in [2.24, 2.45) is 0 Å². The second kappa shape index (κ2) is 3.84. The van der Waals surface area contributed by atoms with Crippen molar-refractivity contribution in [1.82, 2.24) is 9.78 Å². The zero-order valence-electron chi connectivity index (χ0n) is 7.19. The molecule has 1 aromatic rings. The zero-order chi connectivity index (χ0) is 9.84. The first-order chi connectivity index (χ1) is 6.15. The highest BCUT2D eigenvalue weighted by molar-refractivity contribution is 5.75. The normalized spacial score (nSPS) is 9.92. The lowest BCUT2D eigenvalue weighted by atomic mass is 10.3. The second-order valence-electron chi connectivity index (χ2n) is 2.65. The van der Waals surface area contributed by atoms with Crippen LogP contribution in [0.5, 0.6) is 0 Å². The van der Waals surface area contributed by atoms with Crippen molar-refractivity contribution in [3.63, 3.8) is 0 Å². The Bertz CT molecular complexity index is 330. The zero-order valence-corrected chi connectivity index (χ0v) is 7.19. The van der Waals surface area contributed by atoms with Crippen molar-refractivity contribution in [3.8, 4) is 0 Å². The highest BCUT2D eigenvalue weighted by atomic mass is 16.4. The Kier molecular flexibility index (Phi) is 2.79. The molecule has 0 N–H and O–H groups in total. The number of aryl methyl sites for hydroxylation is 1. The van der Waals surface area contributed by atoms with E-state index in [0.29, 0.717) is 17.5 Å². The van der Waals surface area contributed by atoms with Gasteiger partial charge in [-0.05, 0) is 6.92 Å². The minimum Gasteiger partial charge on any atom is -0.550 e. The third-order valence-electron chi connectivity index (χ3n) is 1.80. The summed E-state index contributed by atoms with van der Waals surface area (Å²) in [6.45, 7) is 1.95. The van der Waals surface area contributed by atoms with Crippen LogP contribution in [0.3, 0.4) is 0 Å². The first-order valence-corrected chi connectivity index (χ1v) is 3.82. The number of carboxylic acid groups (broad SMARTS) is 1. The standard InChI is InChI=1S/C8H10N2O3/c1-6-7(5-11)4-9-10(6)3-2-8(12)13/h4-5H,2-3H2,1H3,(H,12,13)/p-1. The molecule has 5 heteroatoms. The molecule has 1 aromatic heterocycles. The first kappa shape index (κ1) is 9.44. The molecule has 0 aromatic carbocycles. The molecule has 5 nitrogen and oxygen atoms in total. The number of aliphatic carboxylic acids is 1. The van der Waals surface area contributed by atoms with Gasteiger partial charge in [-0.1, -0.05) is 0 Å². The van der Waals surface area contributed by atoms with Gasteiger partial charge in [0, 0.05) is 24.6 Å². The molecule has 0 unspecified atom stereocenters. The number of aromatic nitrogens is 2. The van der Waals surface area contributed by atoms with E-state index in [1.54, 1.807) is 6.92 Å². The average molecular weight is 181 g/mol. The summed E-state index contributed by atoms with van der Waals surface area (Å²) in [4.78, 5) is 20.5. The van der Waals surface area contributed by atoms with E-state index < -0.39 is 5.97 Å². The number of carbonyl (C=O) groups is 2. The number of nitrogens with zero attached hydrogens (tertiary/aromatic N) is 2. The van der Waals surface area contributed by atoms with Gasteiger partial charge in [-0.25, -0.2) is 0 Å². The minimum atomic E-state index is -1.12. The van der Waals surface area contributed by atoms with Crippen molar-refractivity contribution in [1.29, 1.82) is 0 Å². The third kappa shape index (κ3) is 2.14. The van der Waals surface area contributed by atoms with Crippen molar-refractivity contribution in [2.45, 2.75) is 19.9 Å². The van der Waals surface area contributed by atoms with Crippen LogP contribution < -0.4 is 5.11 Å². The molecule has 0 radical (unpaired) electrons. The van der Waals surface area contributed by atoms with Crippen molar-refractivity contribution < 1.29 is 14.7 Å². The smallest absolute Gasteiger partial charge is 0.153 e. The molecule has 0 saturated heterocycles. The monoisotopic (exact) mass is 181 g/mol. The van der Waals surface area contributed by atoms with Crippen LogP contribution in [-0.2, 0) is 11.3 Å². The molecule has 0 fully saturated rings. The highest BCUT2D eigenvalue weighted by Gasteiger charge is 2.04. The van der Waals surface area contributed by atoms with Crippen LogP contribution in [-0.4, -0.2) is 22.0 Å². The topological polar surface area (TPSA) is 75.0 Å². The molecular weight excluding hydrogens is 172 g/mol. The summed E-state index contributed by atoms with van der Waals surface area (Å²) >= 11 is 0. The first-order valence-electron chi connectivity index (χ1n) is 3.82. The summed E-state index contributed by atoms with van der Waals surface area (Å²) in [5.41, 5.74) is 1.16. The Morgan fingerprint density at radius 1 is 1.77 bits per heavy atom. The van der Waals surface area contributed by atoms with Crippen LogP contribution >= 0.6 is 0 Å². The van der Waals surface area contributed by atoms with E-state index in [2.05, 4.69) is 5.10 Å². The van der Waals surface area contributed by atoms with E-state index in [0.717, 1.165) is 0 Å². The molecule has 0 bridgehead atoms. The predicted octanol–water partition coefficient (Wildman–Crippen LogP) is -0.856. The van der Waals surface area contributed by atoms with E-state index in [4.69, 9.17) is 0 Å². The van der Waals surface area contributed by atoms with Gasteiger partial charge in [0.1, 0.15) is 0 Å². The van der Waals surface area contributed by atoms with Crippen LogP contribution in [0.25, 0.3) is 0 Å². The van der Waals surface area contributed by atoms with Gasteiger partial charge in [-0.2, -0.15) is 5.10 Å². The quantitative estimate of drug-likeness (QED) is 0.566. The van der Waals surface area contributed by atoms with Gasteiger partial charge in [0.05, 0.1) is 11.8 Å². The summed E-state index contributed by atoms with van der Waals surface area (Å²) in [6.07, 6.45) is 2.01. The molecule has 0 spiro atoms. The second-order valence-corrected chi connectivity index (χ2v) is 2.65. The van der Waals surface area contributed by atoms with Gasteiger partial charge >= 0.3 is 0 Å². The van der Waals surface area contributed by atoms with Gasteiger partial charge in [-0.3, -0.25) is 9.48 Å². The molecule has 0 amide bonds. The maximum Gasteiger partial charge on any atom is 0.153 e. The van der Waals surface area contributed by atoms with Gasteiger partial charge in [-0.15, -0.1) is 0 Å². The van der Waals surface area contributed by atoms with Gasteiger partial charge in [0.25, 0.3) is 0 Å². The lowest BCUT2D eigenvalue weighted by molar-refractivity contribution is -0.306. The fraction of sp³-hybridized carbons (Fsp3) is 0.375. The predicted molar refractivity (Wildman–Crippen MR) is 42.0 cm³/mol. The maximum atomic E-state index is 10.4. The van der Waals surface area contributed by atoms with Crippen molar-refractivity contribution in [3.05, 3.63) is 17.5 Å². The summed E-state index contributed by atoms with van der Waals surface area (Å²) in [5, 5.41) is 14.0. The Balaban J connectivity index is 2.72. The Morgan fingerprint density at radius 2 is 2.46 bits per heavy atom. The van der Waals surface area contributed by atoms with Crippen LogP contribution in [0.15, 0.2) is 6.20 Å². The Hall–Kier alpha value is -1.65. The summed E-state index contributed by atoms with van der Waals surface area (Å²) in [7, 11) is 0. The molecule has 1 rings (SSSR count).